The van der Waals surface area contributed by atoms with Gasteiger partial charge in [0.15, 0.2) is 0 Å². The number of aromatic nitrogens is 1. The molecule has 1 N–H and O–H groups in total. The maximum atomic E-state index is 12.0. The Morgan fingerprint density at radius 2 is 1.95 bits per heavy atom. The van der Waals surface area contributed by atoms with Crippen LogP contribution in [0.5, 0.6) is 0 Å². The standard InChI is InChI=1S/C14H15N3O2S/c18-20(19,11-12-5-2-1-3-6-12)16-15-13-8-10-17-9-4-7-14(13)17/h1-7,9,16H,8,10-11H2/b15-13+. The molecule has 6 heteroatoms. The second kappa shape index (κ2) is 5.13. The molecular weight excluding hydrogens is 274 g/mol. The van der Waals surface area contributed by atoms with Gasteiger partial charge in [-0.2, -0.15) is 5.10 Å². The van der Waals surface area contributed by atoms with Crippen LogP contribution in [-0.4, -0.2) is 18.7 Å². The first kappa shape index (κ1) is 12.9. The van der Waals surface area contributed by atoms with Crippen molar-refractivity contribution in [3.63, 3.8) is 0 Å². The number of benzene rings is 1. The van der Waals surface area contributed by atoms with Gasteiger partial charge in [0.2, 0.25) is 0 Å². The van der Waals surface area contributed by atoms with Crippen molar-refractivity contribution in [3.05, 3.63) is 59.9 Å². The number of hydrogen-bond acceptors (Lipinski definition) is 3. The summed E-state index contributed by atoms with van der Waals surface area (Å²) in [6.45, 7) is 0.849. The van der Waals surface area contributed by atoms with Crippen LogP contribution in [-0.2, 0) is 22.3 Å². The number of nitrogens with zero attached hydrogens (tertiary/aromatic N) is 2. The third-order valence-electron chi connectivity index (χ3n) is 3.23. The monoisotopic (exact) mass is 289 g/mol. The molecule has 2 aromatic rings. The van der Waals surface area contributed by atoms with Gasteiger partial charge < -0.3 is 4.57 Å². The van der Waals surface area contributed by atoms with E-state index < -0.39 is 10.0 Å². The van der Waals surface area contributed by atoms with Crippen molar-refractivity contribution in [1.82, 2.24) is 9.40 Å². The van der Waals surface area contributed by atoms with Gasteiger partial charge in [-0.3, -0.25) is 0 Å². The van der Waals surface area contributed by atoms with Crippen LogP contribution in [0.25, 0.3) is 0 Å². The minimum atomic E-state index is -3.45. The molecule has 2 heterocycles. The Balaban J connectivity index is 1.72. The molecule has 0 amide bonds. The van der Waals surface area contributed by atoms with E-state index in [1.54, 1.807) is 12.1 Å². The van der Waals surface area contributed by atoms with Crippen LogP contribution in [0.4, 0.5) is 0 Å². The Kier molecular flexibility index (Phi) is 3.31. The van der Waals surface area contributed by atoms with Crippen LogP contribution >= 0.6 is 0 Å². The SMILES string of the molecule is O=S(=O)(Cc1ccccc1)N/N=C1\CCn2cccc21. The number of aryl methyl sites for hydroxylation is 1. The lowest BCUT2D eigenvalue weighted by atomic mass is 10.2. The third-order valence-corrected chi connectivity index (χ3v) is 4.32. The van der Waals surface area contributed by atoms with Gasteiger partial charge in [0.1, 0.15) is 0 Å². The zero-order valence-corrected chi connectivity index (χ0v) is 11.7. The number of rotatable bonds is 4. The van der Waals surface area contributed by atoms with Gasteiger partial charge in [-0.25, -0.2) is 13.2 Å². The van der Waals surface area contributed by atoms with E-state index in [1.165, 1.54) is 0 Å². The van der Waals surface area contributed by atoms with Crippen molar-refractivity contribution < 1.29 is 8.42 Å². The fourth-order valence-electron chi connectivity index (χ4n) is 2.29. The maximum absolute atomic E-state index is 12.0. The highest BCUT2D eigenvalue weighted by Gasteiger charge is 2.18. The second-order valence-corrected chi connectivity index (χ2v) is 6.43. The third kappa shape index (κ3) is 2.75. The quantitative estimate of drug-likeness (QED) is 0.871. The lowest BCUT2D eigenvalue weighted by molar-refractivity contribution is 0.583. The molecule has 1 aromatic carbocycles. The van der Waals surface area contributed by atoms with Gasteiger partial charge in [0, 0.05) is 19.2 Å². The topological polar surface area (TPSA) is 63.5 Å². The highest BCUT2D eigenvalue weighted by Crippen LogP contribution is 2.15. The number of hydrazone groups is 1. The molecule has 20 heavy (non-hydrogen) atoms. The number of nitrogens with one attached hydrogen (secondary N) is 1. The van der Waals surface area contributed by atoms with Gasteiger partial charge in [0.05, 0.1) is 17.2 Å². The van der Waals surface area contributed by atoms with Crippen molar-refractivity contribution in [2.75, 3.05) is 0 Å². The average Bonchev–Trinajstić information content (AvgIpc) is 3.00. The molecule has 0 fully saturated rings. The Morgan fingerprint density at radius 3 is 2.75 bits per heavy atom. The first-order chi connectivity index (χ1) is 9.64. The number of fused-ring (bicyclic) bond motifs is 1. The summed E-state index contributed by atoms with van der Waals surface area (Å²) in [5, 5.41) is 4.06. The van der Waals surface area contributed by atoms with E-state index >= 15 is 0 Å². The summed E-state index contributed by atoms with van der Waals surface area (Å²) in [5.74, 6) is -0.0639. The molecule has 0 bridgehead atoms. The van der Waals surface area contributed by atoms with Gasteiger partial charge in [-0.05, 0) is 17.7 Å². The number of sulfonamides is 1. The Labute approximate surface area is 118 Å². The van der Waals surface area contributed by atoms with E-state index in [9.17, 15) is 8.42 Å². The predicted octanol–water partition coefficient (Wildman–Crippen LogP) is 1.72. The molecule has 0 aliphatic carbocycles. The molecule has 1 aliphatic heterocycles. The zero-order valence-electron chi connectivity index (χ0n) is 10.9. The summed E-state index contributed by atoms with van der Waals surface area (Å²) < 4.78 is 26.0. The molecule has 5 nitrogen and oxygen atoms in total. The number of hydrogen-bond donors (Lipinski definition) is 1. The molecule has 0 unspecified atom stereocenters. The summed E-state index contributed by atoms with van der Waals surface area (Å²) in [7, 11) is -3.45. The van der Waals surface area contributed by atoms with E-state index in [1.807, 2.05) is 36.5 Å². The van der Waals surface area contributed by atoms with Crippen molar-refractivity contribution in [2.45, 2.75) is 18.7 Å². The molecule has 1 aromatic heterocycles. The Bertz CT molecular complexity index is 733. The van der Waals surface area contributed by atoms with Gasteiger partial charge in [-0.15, -0.1) is 0 Å². The molecule has 1 aliphatic rings. The van der Waals surface area contributed by atoms with Crippen LogP contribution in [0.2, 0.25) is 0 Å². The molecule has 0 spiro atoms. The van der Waals surface area contributed by atoms with E-state index in [2.05, 4.69) is 14.5 Å². The van der Waals surface area contributed by atoms with E-state index in [4.69, 9.17) is 0 Å². The summed E-state index contributed by atoms with van der Waals surface area (Å²) in [4.78, 5) is 2.33. The normalized spacial score (nSPS) is 16.3. The van der Waals surface area contributed by atoms with E-state index in [0.717, 1.165) is 29.9 Å². The molecule has 0 saturated carbocycles. The van der Waals surface area contributed by atoms with Crippen LogP contribution in [0.1, 0.15) is 17.7 Å². The highest BCUT2D eigenvalue weighted by molar-refractivity contribution is 7.88. The fraction of sp³-hybridized carbons (Fsp3) is 0.214. The zero-order chi connectivity index (χ0) is 14.0. The van der Waals surface area contributed by atoms with Crippen LogP contribution in [0, 0.1) is 0 Å². The average molecular weight is 289 g/mol. The van der Waals surface area contributed by atoms with E-state index in [-0.39, 0.29) is 5.75 Å². The Morgan fingerprint density at radius 1 is 1.15 bits per heavy atom. The summed E-state index contributed by atoms with van der Waals surface area (Å²) in [6.07, 6.45) is 2.72. The smallest absolute Gasteiger partial charge is 0.251 e. The van der Waals surface area contributed by atoms with Crippen LogP contribution < -0.4 is 4.83 Å². The summed E-state index contributed by atoms with van der Waals surface area (Å²) in [5.41, 5.74) is 2.51. The molecule has 0 saturated heterocycles. The van der Waals surface area contributed by atoms with Crippen molar-refractivity contribution in [3.8, 4) is 0 Å². The predicted molar refractivity (Wildman–Crippen MR) is 77.8 cm³/mol. The molecule has 0 radical (unpaired) electrons. The van der Waals surface area contributed by atoms with Crippen LogP contribution in [0.3, 0.4) is 0 Å². The van der Waals surface area contributed by atoms with Gasteiger partial charge >= 0.3 is 0 Å². The molecular formula is C14H15N3O2S. The Hall–Kier alpha value is -2.08. The first-order valence-electron chi connectivity index (χ1n) is 6.39. The van der Waals surface area contributed by atoms with Crippen molar-refractivity contribution in [1.29, 1.82) is 0 Å². The maximum Gasteiger partial charge on any atom is 0.251 e. The van der Waals surface area contributed by atoms with Crippen molar-refractivity contribution >= 4 is 15.7 Å². The minimum Gasteiger partial charge on any atom is -0.346 e. The lowest BCUT2D eigenvalue weighted by Crippen LogP contribution is -2.21. The summed E-state index contributed by atoms with van der Waals surface area (Å²) in [6, 6.07) is 12.9. The van der Waals surface area contributed by atoms with E-state index in [0.29, 0.717) is 0 Å². The largest absolute Gasteiger partial charge is 0.346 e. The molecule has 0 atom stereocenters. The van der Waals surface area contributed by atoms with Gasteiger partial charge in [-0.1, -0.05) is 30.3 Å². The molecule has 3 rings (SSSR count). The van der Waals surface area contributed by atoms with Crippen LogP contribution in [0.15, 0.2) is 53.8 Å². The minimum absolute atomic E-state index is 0.0639. The van der Waals surface area contributed by atoms with Crippen molar-refractivity contribution in [2.24, 2.45) is 5.10 Å². The highest BCUT2D eigenvalue weighted by atomic mass is 32.2. The summed E-state index contributed by atoms with van der Waals surface area (Å²) >= 11 is 0. The molecule has 104 valence electrons. The van der Waals surface area contributed by atoms with Gasteiger partial charge in [0.25, 0.3) is 10.0 Å². The fourth-order valence-corrected chi connectivity index (χ4v) is 3.23. The second-order valence-electron chi connectivity index (χ2n) is 4.73. The first-order valence-corrected chi connectivity index (χ1v) is 8.05. The lowest BCUT2D eigenvalue weighted by Gasteiger charge is -2.04.